The van der Waals surface area contributed by atoms with E-state index < -0.39 is 0 Å². The Balaban J connectivity index is -0.000000109. The highest BCUT2D eigenvalue weighted by Crippen LogP contribution is 1.88. The van der Waals surface area contributed by atoms with Crippen LogP contribution < -0.4 is 5.73 Å². The Kier molecular flexibility index (Phi) is 43.5. The van der Waals surface area contributed by atoms with Crippen molar-refractivity contribution in [3.63, 3.8) is 0 Å². The van der Waals surface area contributed by atoms with Crippen LogP contribution >= 0.6 is 0 Å². The van der Waals surface area contributed by atoms with Crippen LogP contribution in [0.25, 0.3) is 0 Å². The van der Waals surface area contributed by atoms with Crippen LogP contribution in [-0.2, 0) is 0 Å². The van der Waals surface area contributed by atoms with Crippen molar-refractivity contribution >= 4 is 8.41 Å². The van der Waals surface area contributed by atoms with Crippen LogP contribution in [0.3, 0.4) is 0 Å². The van der Waals surface area contributed by atoms with Gasteiger partial charge in [-0.25, -0.2) is 0 Å². The van der Waals surface area contributed by atoms with Gasteiger partial charge in [0.1, 0.15) is 0 Å². The van der Waals surface area contributed by atoms with Crippen molar-refractivity contribution in [1.82, 2.24) is 0 Å². The molecule has 1 nitrogen and oxygen atoms in total. The molecule has 55 valence electrons. The quantitative estimate of drug-likeness (QED) is 0.455. The Hall–Kier alpha value is 0.0249. The summed E-state index contributed by atoms with van der Waals surface area (Å²) >= 11 is 0. The zero-order valence-electron chi connectivity index (χ0n) is 6.98. The average molecular weight is 128 g/mol. The molecule has 0 aromatic heterocycles. The molecular formula is C7H19BN. The molecule has 2 N–H and O–H groups in total. The van der Waals surface area contributed by atoms with Crippen molar-refractivity contribution in [3.8, 4) is 0 Å². The van der Waals surface area contributed by atoms with Crippen molar-refractivity contribution in [3.05, 3.63) is 0 Å². The second-order valence-electron chi connectivity index (χ2n) is 1.50. The molecule has 0 saturated carbocycles. The van der Waals surface area contributed by atoms with E-state index in [1.54, 1.807) is 0 Å². The van der Waals surface area contributed by atoms with Crippen LogP contribution in [0.2, 0.25) is 0 Å². The summed E-state index contributed by atoms with van der Waals surface area (Å²) in [5.41, 5.74) is 5.21. The molecule has 9 heavy (non-hydrogen) atoms. The Bertz CT molecular complexity index is 20.9. The van der Waals surface area contributed by atoms with Crippen molar-refractivity contribution in [2.45, 2.75) is 40.0 Å². The monoisotopic (exact) mass is 128 g/mol. The van der Waals surface area contributed by atoms with Crippen LogP contribution in [0.4, 0.5) is 0 Å². The van der Waals surface area contributed by atoms with E-state index in [9.17, 15) is 0 Å². The first-order valence-electron chi connectivity index (χ1n) is 3.62. The number of unbranched alkanes of at least 4 members (excludes halogenated alkanes) is 2. The highest BCUT2D eigenvalue weighted by molar-refractivity contribution is 5.75. The first-order chi connectivity index (χ1) is 3.91. The molecule has 0 saturated heterocycles. The minimum atomic E-state index is 0. The van der Waals surface area contributed by atoms with Gasteiger partial charge in [-0.3, -0.25) is 0 Å². The van der Waals surface area contributed by atoms with Gasteiger partial charge in [0.2, 0.25) is 0 Å². The van der Waals surface area contributed by atoms with Gasteiger partial charge in [0.15, 0.2) is 0 Å². The fraction of sp³-hybridized carbons (Fsp3) is 1.00. The summed E-state index contributed by atoms with van der Waals surface area (Å²) in [4.78, 5) is 0. The van der Waals surface area contributed by atoms with Gasteiger partial charge in [0, 0.05) is 8.41 Å². The summed E-state index contributed by atoms with van der Waals surface area (Å²) in [6.07, 6.45) is 3.75. The zero-order valence-corrected chi connectivity index (χ0v) is 6.98. The molecule has 0 aliphatic rings. The second-order valence-corrected chi connectivity index (χ2v) is 1.50. The van der Waals surface area contributed by atoms with E-state index in [4.69, 9.17) is 5.73 Å². The molecule has 0 atom stereocenters. The predicted molar refractivity (Wildman–Crippen MR) is 45.7 cm³/mol. The van der Waals surface area contributed by atoms with E-state index in [0.29, 0.717) is 0 Å². The molecule has 0 aliphatic heterocycles. The van der Waals surface area contributed by atoms with Gasteiger partial charge in [-0.2, -0.15) is 0 Å². The van der Waals surface area contributed by atoms with E-state index in [1.165, 1.54) is 19.3 Å². The zero-order chi connectivity index (χ0) is 6.83. The van der Waals surface area contributed by atoms with Crippen LogP contribution in [0.15, 0.2) is 0 Å². The van der Waals surface area contributed by atoms with Gasteiger partial charge < -0.3 is 5.73 Å². The molecule has 3 radical (unpaired) electrons. The summed E-state index contributed by atoms with van der Waals surface area (Å²) in [6, 6.07) is 0. The van der Waals surface area contributed by atoms with Gasteiger partial charge >= 0.3 is 0 Å². The summed E-state index contributed by atoms with van der Waals surface area (Å²) in [7, 11) is 0. The Morgan fingerprint density at radius 3 is 1.67 bits per heavy atom. The lowest BCUT2D eigenvalue weighted by Crippen LogP contribution is -1.96. The lowest BCUT2D eigenvalue weighted by Gasteiger charge is -1.86. The Morgan fingerprint density at radius 2 is 1.56 bits per heavy atom. The topological polar surface area (TPSA) is 26.0 Å². The third kappa shape index (κ3) is 31.8. The van der Waals surface area contributed by atoms with Crippen molar-refractivity contribution in [2.75, 3.05) is 6.54 Å². The summed E-state index contributed by atoms with van der Waals surface area (Å²) in [6.45, 7) is 7.03. The Labute approximate surface area is 61.6 Å². The van der Waals surface area contributed by atoms with E-state index in [-0.39, 0.29) is 8.41 Å². The Morgan fingerprint density at radius 1 is 1.11 bits per heavy atom. The number of hydrogen-bond acceptors (Lipinski definition) is 1. The fourth-order valence-corrected chi connectivity index (χ4v) is 0.394. The lowest BCUT2D eigenvalue weighted by atomic mass is 10.3. The molecule has 0 amide bonds. The molecule has 2 heteroatoms. The average Bonchev–Trinajstić information content (AvgIpc) is 1.88. The molecule has 0 fully saturated rings. The first kappa shape index (κ1) is 16.0. The van der Waals surface area contributed by atoms with Gasteiger partial charge in [0.05, 0.1) is 0 Å². The van der Waals surface area contributed by atoms with Crippen molar-refractivity contribution in [2.24, 2.45) is 5.73 Å². The smallest absolute Gasteiger partial charge is 0 e. The summed E-state index contributed by atoms with van der Waals surface area (Å²) < 4.78 is 0. The molecule has 0 aliphatic carbocycles. The SMILES string of the molecule is CC.CCCCCN.[B]. The van der Waals surface area contributed by atoms with Crippen LogP contribution in [-0.4, -0.2) is 15.0 Å². The van der Waals surface area contributed by atoms with Gasteiger partial charge in [-0.15, -0.1) is 0 Å². The third-order valence-electron chi connectivity index (χ3n) is 0.808. The fourth-order valence-electron chi connectivity index (χ4n) is 0.394. The molecule has 0 heterocycles. The predicted octanol–water partition coefficient (Wildman–Crippen LogP) is 1.78. The number of hydrogen-bond donors (Lipinski definition) is 1. The summed E-state index contributed by atoms with van der Waals surface area (Å²) in [5.74, 6) is 0. The highest BCUT2D eigenvalue weighted by atomic mass is 14.5. The van der Waals surface area contributed by atoms with E-state index in [1.807, 2.05) is 13.8 Å². The van der Waals surface area contributed by atoms with E-state index in [0.717, 1.165) is 6.54 Å². The maximum atomic E-state index is 5.21. The second kappa shape index (κ2) is 24.4. The molecule has 0 bridgehead atoms. The number of nitrogens with two attached hydrogens (primary N) is 1. The molecule has 0 aromatic rings. The van der Waals surface area contributed by atoms with E-state index in [2.05, 4.69) is 6.92 Å². The van der Waals surface area contributed by atoms with Gasteiger partial charge in [-0.05, 0) is 13.0 Å². The van der Waals surface area contributed by atoms with Crippen molar-refractivity contribution in [1.29, 1.82) is 0 Å². The first-order valence-corrected chi connectivity index (χ1v) is 3.62. The summed E-state index contributed by atoms with van der Waals surface area (Å²) in [5, 5.41) is 0. The minimum Gasteiger partial charge on any atom is -0.330 e. The molecule has 0 unspecified atom stereocenters. The number of rotatable bonds is 3. The molecule has 0 aromatic carbocycles. The molecule has 0 rings (SSSR count). The third-order valence-corrected chi connectivity index (χ3v) is 0.808. The largest absolute Gasteiger partial charge is 0.330 e. The van der Waals surface area contributed by atoms with Crippen LogP contribution in [0.1, 0.15) is 40.0 Å². The maximum Gasteiger partial charge on any atom is 0 e. The van der Waals surface area contributed by atoms with Crippen LogP contribution in [0, 0.1) is 0 Å². The standard InChI is InChI=1S/C5H13N.C2H6.B/c1-2-3-4-5-6;1-2;/h2-6H2,1H3;1-2H3;. The molecular weight excluding hydrogens is 109 g/mol. The minimum absolute atomic E-state index is 0. The highest BCUT2D eigenvalue weighted by Gasteiger charge is 1.75. The maximum absolute atomic E-state index is 5.21. The van der Waals surface area contributed by atoms with Crippen LogP contribution in [0.5, 0.6) is 0 Å². The van der Waals surface area contributed by atoms with E-state index >= 15 is 0 Å². The normalized spacial score (nSPS) is 6.67. The van der Waals surface area contributed by atoms with Gasteiger partial charge in [0.25, 0.3) is 0 Å². The van der Waals surface area contributed by atoms with Crippen molar-refractivity contribution < 1.29 is 0 Å². The molecule has 0 spiro atoms. The van der Waals surface area contributed by atoms with Gasteiger partial charge in [-0.1, -0.05) is 33.6 Å². The lowest BCUT2D eigenvalue weighted by molar-refractivity contribution is 0.727.